The van der Waals surface area contributed by atoms with E-state index in [0.717, 1.165) is 18.2 Å². The van der Waals surface area contributed by atoms with E-state index >= 15 is 0 Å². The lowest BCUT2D eigenvalue weighted by Crippen LogP contribution is -2.11. The Morgan fingerprint density at radius 1 is 1.26 bits per heavy atom. The van der Waals surface area contributed by atoms with Crippen LogP contribution in [0.2, 0.25) is 0 Å². The summed E-state index contributed by atoms with van der Waals surface area (Å²) in [7, 11) is 0. The maximum Gasteiger partial charge on any atom is 0.416 e. The average Bonchev–Trinajstić information content (AvgIpc) is 2.84. The number of halogens is 3. The van der Waals surface area contributed by atoms with Gasteiger partial charge in [-0.1, -0.05) is 5.16 Å². The van der Waals surface area contributed by atoms with Crippen LogP contribution in [-0.2, 0) is 6.18 Å². The number of nitrogens with two attached hydrogens (primary N) is 1. The highest BCUT2D eigenvalue weighted by Crippen LogP contribution is 2.32. The van der Waals surface area contributed by atoms with Crippen LogP contribution in [0.15, 0.2) is 46.2 Å². The predicted octanol–water partition coefficient (Wildman–Crippen LogP) is 3.11. The van der Waals surface area contributed by atoms with Crippen molar-refractivity contribution >= 4 is 11.4 Å². The topological polar surface area (TPSA) is 71.8 Å². The molecule has 3 N–H and O–H groups in total. The molecule has 1 aromatic carbocycles. The third-order valence-corrected chi connectivity index (χ3v) is 2.49. The monoisotopic (exact) mass is 270 g/mol. The highest BCUT2D eigenvalue weighted by molar-refractivity contribution is 6.13. The summed E-state index contributed by atoms with van der Waals surface area (Å²) >= 11 is 0. The fourth-order valence-electron chi connectivity index (χ4n) is 1.59. The van der Waals surface area contributed by atoms with Gasteiger partial charge in [-0.2, -0.15) is 13.2 Å². The summed E-state index contributed by atoms with van der Waals surface area (Å²) in [6, 6.07) is 5.74. The zero-order valence-electron chi connectivity index (χ0n) is 9.48. The van der Waals surface area contributed by atoms with Crippen molar-refractivity contribution < 1.29 is 22.8 Å². The molecule has 2 rings (SSSR count). The Hall–Kier alpha value is -2.44. The molecule has 19 heavy (non-hydrogen) atoms. The van der Waals surface area contributed by atoms with E-state index < -0.39 is 11.7 Å². The summed E-state index contributed by atoms with van der Waals surface area (Å²) in [5.41, 5.74) is 4.57. The van der Waals surface area contributed by atoms with Crippen molar-refractivity contribution in [2.75, 3.05) is 5.73 Å². The normalized spacial score (nSPS) is 12.7. The molecule has 4 nitrogen and oxygen atoms in total. The third kappa shape index (κ3) is 2.54. The Morgan fingerprint density at radius 2 is 2.00 bits per heavy atom. The van der Waals surface area contributed by atoms with Gasteiger partial charge in [0.25, 0.3) is 0 Å². The molecule has 1 heterocycles. The molecular formula is C12H9F3N2O2. The first-order valence-electron chi connectivity index (χ1n) is 5.16. The van der Waals surface area contributed by atoms with Crippen LogP contribution in [0.5, 0.6) is 0 Å². The minimum atomic E-state index is -4.51. The second kappa shape index (κ2) is 4.68. The van der Waals surface area contributed by atoms with Gasteiger partial charge in [-0.25, -0.2) is 0 Å². The molecule has 0 saturated heterocycles. The number of anilines is 1. The molecule has 2 aromatic rings. The minimum absolute atomic E-state index is 0.0488. The largest absolute Gasteiger partial charge is 0.463 e. The van der Waals surface area contributed by atoms with E-state index in [1.807, 2.05) is 0 Å². The first-order valence-corrected chi connectivity index (χ1v) is 5.16. The molecule has 0 bridgehead atoms. The molecule has 0 fully saturated rings. The van der Waals surface area contributed by atoms with Gasteiger partial charge in [0.1, 0.15) is 0 Å². The van der Waals surface area contributed by atoms with Crippen molar-refractivity contribution in [1.29, 1.82) is 0 Å². The van der Waals surface area contributed by atoms with E-state index in [9.17, 15) is 13.2 Å². The molecule has 0 spiro atoms. The Bertz CT molecular complexity index is 604. The number of oxime groups is 1. The van der Waals surface area contributed by atoms with Crippen LogP contribution in [0.25, 0.3) is 0 Å². The van der Waals surface area contributed by atoms with Crippen LogP contribution in [0, 0.1) is 0 Å². The van der Waals surface area contributed by atoms with Crippen molar-refractivity contribution in [3.63, 3.8) is 0 Å². The zero-order valence-corrected chi connectivity index (χ0v) is 9.48. The molecule has 0 aliphatic heterocycles. The molecule has 100 valence electrons. The highest BCUT2D eigenvalue weighted by atomic mass is 19.4. The van der Waals surface area contributed by atoms with Crippen molar-refractivity contribution in [2.24, 2.45) is 5.16 Å². The number of benzene rings is 1. The number of furan rings is 1. The average molecular weight is 270 g/mol. The molecule has 1 aromatic heterocycles. The number of hydrogen-bond acceptors (Lipinski definition) is 4. The number of alkyl halides is 3. The van der Waals surface area contributed by atoms with Crippen LogP contribution < -0.4 is 5.73 Å². The molecular weight excluding hydrogens is 261 g/mol. The molecule has 0 radical (unpaired) electrons. The van der Waals surface area contributed by atoms with Crippen molar-refractivity contribution in [3.8, 4) is 0 Å². The molecule has 0 aliphatic rings. The fraction of sp³-hybridized carbons (Fsp3) is 0.0833. The van der Waals surface area contributed by atoms with E-state index in [0.29, 0.717) is 0 Å². The second-order valence-corrected chi connectivity index (χ2v) is 3.73. The van der Waals surface area contributed by atoms with Gasteiger partial charge in [-0.15, -0.1) is 0 Å². The van der Waals surface area contributed by atoms with E-state index in [-0.39, 0.29) is 22.7 Å². The van der Waals surface area contributed by atoms with Crippen LogP contribution in [-0.4, -0.2) is 10.9 Å². The van der Waals surface area contributed by atoms with Gasteiger partial charge in [-0.3, -0.25) is 0 Å². The van der Waals surface area contributed by atoms with Gasteiger partial charge in [0, 0.05) is 11.3 Å². The molecule has 0 saturated carbocycles. The Labute approximate surface area is 105 Å². The van der Waals surface area contributed by atoms with Gasteiger partial charge >= 0.3 is 6.18 Å². The maximum absolute atomic E-state index is 12.6. The summed E-state index contributed by atoms with van der Waals surface area (Å²) in [6.45, 7) is 0. The number of hydrogen-bond donors (Lipinski definition) is 2. The van der Waals surface area contributed by atoms with Gasteiger partial charge in [0.2, 0.25) is 0 Å². The van der Waals surface area contributed by atoms with E-state index in [1.165, 1.54) is 18.4 Å². The number of rotatable bonds is 2. The third-order valence-electron chi connectivity index (χ3n) is 2.49. The molecule has 0 unspecified atom stereocenters. The molecule has 0 atom stereocenters. The van der Waals surface area contributed by atoms with Gasteiger partial charge < -0.3 is 15.4 Å². The van der Waals surface area contributed by atoms with E-state index in [1.54, 1.807) is 0 Å². The van der Waals surface area contributed by atoms with Crippen molar-refractivity contribution in [1.82, 2.24) is 0 Å². The SMILES string of the molecule is Nc1ccc(C(F)(F)F)cc1C(=NO)c1ccco1. The van der Waals surface area contributed by atoms with Gasteiger partial charge in [-0.05, 0) is 30.3 Å². The van der Waals surface area contributed by atoms with Crippen LogP contribution >= 0.6 is 0 Å². The summed E-state index contributed by atoms with van der Waals surface area (Å²) in [5, 5.41) is 11.9. The van der Waals surface area contributed by atoms with Crippen molar-refractivity contribution in [3.05, 3.63) is 53.5 Å². The Morgan fingerprint density at radius 3 is 2.53 bits per heavy atom. The standard InChI is InChI=1S/C12H9F3N2O2/c13-12(14,15)7-3-4-9(16)8(6-7)11(17-18)10-2-1-5-19-10/h1-6,18H,16H2. The fourth-order valence-corrected chi connectivity index (χ4v) is 1.59. The summed E-state index contributed by atoms with van der Waals surface area (Å²) in [6.07, 6.45) is -3.20. The molecule has 0 amide bonds. The highest BCUT2D eigenvalue weighted by Gasteiger charge is 2.31. The minimum Gasteiger partial charge on any atom is -0.463 e. The lowest BCUT2D eigenvalue weighted by Gasteiger charge is -2.11. The van der Waals surface area contributed by atoms with E-state index in [2.05, 4.69) is 5.16 Å². The molecule has 7 heteroatoms. The number of nitrogens with zero attached hydrogens (tertiary/aromatic N) is 1. The quantitative estimate of drug-likeness (QED) is 0.381. The second-order valence-electron chi connectivity index (χ2n) is 3.73. The molecule has 0 aliphatic carbocycles. The number of nitrogen functional groups attached to an aromatic ring is 1. The summed E-state index contributed by atoms with van der Waals surface area (Å²) < 4.78 is 42.9. The first-order chi connectivity index (χ1) is 8.93. The van der Waals surface area contributed by atoms with Crippen LogP contribution in [0.1, 0.15) is 16.9 Å². The van der Waals surface area contributed by atoms with Crippen LogP contribution in [0.3, 0.4) is 0 Å². The summed E-state index contributed by atoms with van der Waals surface area (Å²) in [4.78, 5) is 0. The Balaban J connectivity index is 2.55. The zero-order chi connectivity index (χ0) is 14.0. The lowest BCUT2D eigenvalue weighted by molar-refractivity contribution is -0.137. The summed E-state index contributed by atoms with van der Waals surface area (Å²) in [5.74, 6) is 0.119. The van der Waals surface area contributed by atoms with Crippen molar-refractivity contribution in [2.45, 2.75) is 6.18 Å². The van der Waals surface area contributed by atoms with Gasteiger partial charge in [0.15, 0.2) is 11.5 Å². The Kier molecular flexibility index (Phi) is 3.20. The van der Waals surface area contributed by atoms with E-state index in [4.69, 9.17) is 15.4 Å². The predicted molar refractivity (Wildman–Crippen MR) is 62.0 cm³/mol. The lowest BCUT2D eigenvalue weighted by atomic mass is 10.0. The first kappa shape index (κ1) is 13.0. The van der Waals surface area contributed by atoms with Crippen LogP contribution in [0.4, 0.5) is 18.9 Å². The maximum atomic E-state index is 12.6. The van der Waals surface area contributed by atoms with Gasteiger partial charge in [0.05, 0.1) is 11.8 Å². The smallest absolute Gasteiger partial charge is 0.416 e.